The van der Waals surface area contributed by atoms with Crippen LogP contribution in [0.25, 0.3) is 5.69 Å². The summed E-state index contributed by atoms with van der Waals surface area (Å²) in [5.74, 6) is -0.507. The van der Waals surface area contributed by atoms with Crippen LogP contribution in [0.2, 0.25) is 0 Å². The molecule has 1 aromatic heterocycles. The molecule has 0 radical (unpaired) electrons. The number of para-hydroxylation sites is 1. The number of halogens is 2. The molecule has 0 atom stereocenters. The molecule has 0 bridgehead atoms. The molecule has 1 aliphatic rings. The van der Waals surface area contributed by atoms with E-state index in [1.165, 1.54) is 6.07 Å². The highest BCUT2D eigenvalue weighted by atomic mass is 35.5. The monoisotopic (exact) mass is 366 g/mol. The molecule has 3 rings (SSSR count). The van der Waals surface area contributed by atoms with Crippen molar-refractivity contribution in [2.24, 2.45) is 0 Å². The Morgan fingerprint density at radius 3 is 2.80 bits per heavy atom. The highest BCUT2D eigenvalue weighted by molar-refractivity contribution is 5.94. The number of aromatic nitrogens is 2. The smallest absolute Gasteiger partial charge is 0.272 e. The second-order valence-electron chi connectivity index (χ2n) is 6.00. The van der Waals surface area contributed by atoms with Gasteiger partial charge in [0.1, 0.15) is 11.5 Å². The van der Waals surface area contributed by atoms with Crippen LogP contribution in [0.5, 0.6) is 0 Å². The maximum Gasteiger partial charge on any atom is 0.272 e. The van der Waals surface area contributed by atoms with Crippen LogP contribution in [0, 0.1) is 5.82 Å². The quantitative estimate of drug-likeness (QED) is 0.741. The zero-order valence-electron chi connectivity index (χ0n) is 14.3. The number of hydrogen-bond donors (Lipinski definition) is 2. The molecule has 136 valence electrons. The number of hydrogen-bond acceptors (Lipinski definition) is 3. The summed E-state index contributed by atoms with van der Waals surface area (Å²) in [6.45, 7) is 4.33. The average molecular weight is 367 g/mol. The summed E-state index contributed by atoms with van der Waals surface area (Å²) in [5.41, 5.74) is 2.74. The maximum absolute atomic E-state index is 14.1. The molecule has 2 aromatic rings. The van der Waals surface area contributed by atoms with Crippen LogP contribution in [0.1, 0.15) is 41.5 Å². The first kappa shape index (κ1) is 19.4. The fourth-order valence-electron chi connectivity index (χ4n) is 3.09. The zero-order valence-corrected chi connectivity index (χ0v) is 15.2. The summed E-state index contributed by atoms with van der Waals surface area (Å²) in [7, 11) is 0. The number of rotatable bonds is 7. The second-order valence-corrected chi connectivity index (χ2v) is 6.00. The first-order valence-corrected chi connectivity index (χ1v) is 8.57. The van der Waals surface area contributed by atoms with Gasteiger partial charge in [0, 0.05) is 24.3 Å². The van der Waals surface area contributed by atoms with Crippen LogP contribution in [-0.4, -0.2) is 35.3 Å². The molecular formula is C18H24ClFN4O. The van der Waals surface area contributed by atoms with Gasteiger partial charge in [-0.1, -0.05) is 19.1 Å². The highest BCUT2D eigenvalue weighted by Crippen LogP contribution is 2.28. The Kier molecular flexibility index (Phi) is 6.96. The molecular weight excluding hydrogens is 343 g/mol. The minimum Gasteiger partial charge on any atom is -0.349 e. The number of nitrogens with zero attached hydrogens (tertiary/aromatic N) is 2. The van der Waals surface area contributed by atoms with Crippen LogP contribution in [0.15, 0.2) is 24.3 Å². The number of carbonyl (C=O) groups excluding carboxylic acids is 1. The van der Waals surface area contributed by atoms with Crippen molar-refractivity contribution in [3.8, 4) is 5.69 Å². The van der Waals surface area contributed by atoms with E-state index in [2.05, 4.69) is 22.7 Å². The van der Waals surface area contributed by atoms with Crippen molar-refractivity contribution < 1.29 is 9.18 Å². The SMILES string of the molecule is CCCNCCNC(=O)c1nn(-c2ccccc2F)c2c1CCC2.Cl. The lowest BCUT2D eigenvalue weighted by molar-refractivity contribution is 0.0947. The largest absolute Gasteiger partial charge is 0.349 e. The molecule has 0 saturated carbocycles. The van der Waals surface area contributed by atoms with Crippen molar-refractivity contribution in [1.29, 1.82) is 0 Å². The molecule has 0 fully saturated rings. The second kappa shape index (κ2) is 8.97. The van der Waals surface area contributed by atoms with E-state index >= 15 is 0 Å². The summed E-state index contributed by atoms with van der Waals surface area (Å²) in [6, 6.07) is 6.54. The summed E-state index contributed by atoms with van der Waals surface area (Å²) in [6.07, 6.45) is 3.68. The van der Waals surface area contributed by atoms with E-state index in [4.69, 9.17) is 0 Å². The number of benzene rings is 1. The van der Waals surface area contributed by atoms with E-state index in [0.717, 1.165) is 50.0 Å². The molecule has 1 aliphatic carbocycles. The molecule has 1 amide bonds. The minimum atomic E-state index is -0.328. The van der Waals surface area contributed by atoms with Crippen molar-refractivity contribution in [3.05, 3.63) is 47.0 Å². The maximum atomic E-state index is 14.1. The van der Waals surface area contributed by atoms with Crippen molar-refractivity contribution in [1.82, 2.24) is 20.4 Å². The van der Waals surface area contributed by atoms with Gasteiger partial charge < -0.3 is 10.6 Å². The number of carbonyl (C=O) groups is 1. The third-order valence-electron chi connectivity index (χ3n) is 4.24. The van der Waals surface area contributed by atoms with Gasteiger partial charge in [0.2, 0.25) is 0 Å². The zero-order chi connectivity index (χ0) is 16.9. The Labute approximate surface area is 153 Å². The molecule has 1 heterocycles. The summed E-state index contributed by atoms with van der Waals surface area (Å²) in [4.78, 5) is 12.5. The van der Waals surface area contributed by atoms with Crippen LogP contribution < -0.4 is 10.6 Å². The molecule has 25 heavy (non-hydrogen) atoms. The van der Waals surface area contributed by atoms with E-state index in [0.29, 0.717) is 17.9 Å². The summed E-state index contributed by atoms with van der Waals surface area (Å²) < 4.78 is 15.7. The van der Waals surface area contributed by atoms with Crippen molar-refractivity contribution in [2.45, 2.75) is 32.6 Å². The molecule has 0 unspecified atom stereocenters. The average Bonchev–Trinajstić information content (AvgIpc) is 3.17. The van der Waals surface area contributed by atoms with Crippen molar-refractivity contribution >= 4 is 18.3 Å². The van der Waals surface area contributed by atoms with Gasteiger partial charge in [-0.25, -0.2) is 9.07 Å². The molecule has 0 spiro atoms. The highest BCUT2D eigenvalue weighted by Gasteiger charge is 2.27. The fourth-order valence-corrected chi connectivity index (χ4v) is 3.09. The molecule has 0 aliphatic heterocycles. The number of amides is 1. The molecule has 2 N–H and O–H groups in total. The van der Waals surface area contributed by atoms with Gasteiger partial charge in [0.15, 0.2) is 5.69 Å². The Bertz CT molecular complexity index is 732. The van der Waals surface area contributed by atoms with Gasteiger partial charge in [0.05, 0.1) is 0 Å². The molecule has 0 saturated heterocycles. The van der Waals surface area contributed by atoms with Gasteiger partial charge in [-0.15, -0.1) is 12.4 Å². The third-order valence-corrected chi connectivity index (χ3v) is 4.24. The van der Waals surface area contributed by atoms with Crippen molar-refractivity contribution in [3.63, 3.8) is 0 Å². The molecule has 5 nitrogen and oxygen atoms in total. The Hall–Kier alpha value is -1.92. The Morgan fingerprint density at radius 2 is 2.04 bits per heavy atom. The number of fused-ring (bicyclic) bond motifs is 1. The van der Waals surface area contributed by atoms with Gasteiger partial charge >= 0.3 is 0 Å². The van der Waals surface area contributed by atoms with Gasteiger partial charge in [-0.3, -0.25) is 4.79 Å². The summed E-state index contributed by atoms with van der Waals surface area (Å²) in [5, 5.41) is 10.6. The normalized spacial score (nSPS) is 12.6. The van der Waals surface area contributed by atoms with E-state index < -0.39 is 0 Å². The predicted molar refractivity (Wildman–Crippen MR) is 98.3 cm³/mol. The van der Waals surface area contributed by atoms with Crippen molar-refractivity contribution in [2.75, 3.05) is 19.6 Å². The lowest BCUT2D eigenvalue weighted by Gasteiger charge is -2.06. The van der Waals surface area contributed by atoms with E-state index in [1.807, 2.05) is 0 Å². The third kappa shape index (κ3) is 4.19. The number of nitrogens with one attached hydrogen (secondary N) is 2. The first-order valence-electron chi connectivity index (χ1n) is 8.57. The van der Waals surface area contributed by atoms with E-state index in [9.17, 15) is 9.18 Å². The summed E-state index contributed by atoms with van der Waals surface area (Å²) >= 11 is 0. The topological polar surface area (TPSA) is 58.9 Å². The first-order chi connectivity index (χ1) is 11.7. The minimum absolute atomic E-state index is 0. The van der Waals surface area contributed by atoms with Crippen LogP contribution >= 0.6 is 12.4 Å². The van der Waals surface area contributed by atoms with E-state index in [1.54, 1.807) is 22.9 Å². The lowest BCUT2D eigenvalue weighted by Crippen LogP contribution is -2.32. The van der Waals surface area contributed by atoms with E-state index in [-0.39, 0.29) is 24.1 Å². The van der Waals surface area contributed by atoms with Gasteiger partial charge in [-0.05, 0) is 44.4 Å². The van der Waals surface area contributed by atoms with Crippen LogP contribution in [-0.2, 0) is 12.8 Å². The van der Waals surface area contributed by atoms with Gasteiger partial charge in [-0.2, -0.15) is 5.10 Å². The molecule has 7 heteroatoms. The Morgan fingerprint density at radius 1 is 1.24 bits per heavy atom. The molecule has 1 aromatic carbocycles. The van der Waals surface area contributed by atoms with Crippen LogP contribution in [0.4, 0.5) is 4.39 Å². The standard InChI is InChI=1S/C18H23FN4O.ClH/c1-2-10-20-11-12-21-18(24)17-13-6-5-9-15(13)23(22-17)16-8-4-3-7-14(16)19;/h3-4,7-8,20H,2,5-6,9-12H2,1H3,(H,21,24);1H. The Balaban J connectivity index is 0.00000225. The van der Waals surface area contributed by atoms with Crippen LogP contribution in [0.3, 0.4) is 0 Å². The van der Waals surface area contributed by atoms with Gasteiger partial charge in [0.25, 0.3) is 5.91 Å². The lowest BCUT2D eigenvalue weighted by atomic mass is 10.2. The predicted octanol–water partition coefficient (Wildman–Crippen LogP) is 2.65. The fraction of sp³-hybridized carbons (Fsp3) is 0.444.